The molecule has 0 radical (unpaired) electrons. The molecule has 0 unspecified atom stereocenters. The Morgan fingerprint density at radius 2 is 1.60 bits per heavy atom. The van der Waals surface area contributed by atoms with Crippen LogP contribution in [0.2, 0.25) is 6.32 Å². The lowest BCUT2D eigenvalue weighted by atomic mass is 9.58. The summed E-state index contributed by atoms with van der Waals surface area (Å²) < 4.78 is 12.6. The Hall–Kier alpha value is -4.66. The third kappa shape index (κ3) is 6.18. The first-order valence-corrected chi connectivity index (χ1v) is 17.0. The molecule has 2 heterocycles. The number of hydrogen-bond donors (Lipinski definition) is 2. The highest BCUT2D eigenvalue weighted by Crippen LogP contribution is 2.51. The second kappa shape index (κ2) is 13.8. The molecule has 48 heavy (non-hydrogen) atoms. The van der Waals surface area contributed by atoms with Crippen molar-refractivity contribution in [2.24, 2.45) is 17.8 Å². The first-order valence-electron chi connectivity index (χ1n) is 17.0. The van der Waals surface area contributed by atoms with Gasteiger partial charge in [-0.3, -0.25) is 14.5 Å². The number of ether oxygens (including phenoxy) is 1. The fraction of sp³-hybridized carbons (Fsp3) is 0.300. The lowest BCUT2D eigenvalue weighted by Crippen LogP contribution is -2.46. The maximum absolute atomic E-state index is 14.1. The minimum atomic E-state index is -1.05. The van der Waals surface area contributed by atoms with Crippen LogP contribution in [-0.4, -0.2) is 41.8 Å². The molecule has 0 aromatic heterocycles. The Kier molecular flexibility index (Phi) is 9.20. The number of carbonyl (C=O) groups is 2. The number of aromatic hydroxyl groups is 1. The normalized spacial score (nSPS) is 22.7. The van der Waals surface area contributed by atoms with Crippen LogP contribution in [-0.2, 0) is 14.2 Å². The van der Waals surface area contributed by atoms with Gasteiger partial charge < -0.3 is 19.5 Å². The first-order chi connectivity index (χ1) is 23.4. The minimum Gasteiger partial charge on any atom is -0.507 e. The molecule has 4 atom stereocenters. The van der Waals surface area contributed by atoms with Crippen LogP contribution in [0.4, 0.5) is 5.69 Å². The molecule has 4 aromatic carbocycles. The smallest absolute Gasteiger partial charge is 0.455 e. The molecule has 0 saturated carbocycles. The average molecular weight is 642 g/mol. The van der Waals surface area contributed by atoms with Gasteiger partial charge in [0.25, 0.3) is 0 Å². The summed E-state index contributed by atoms with van der Waals surface area (Å²) in [6, 6.07) is 30.3. The third-order valence-electron chi connectivity index (χ3n) is 10.1. The summed E-state index contributed by atoms with van der Waals surface area (Å²) in [5.41, 5.74) is 4.84. The summed E-state index contributed by atoms with van der Waals surface area (Å²) in [6.45, 7) is 2.43. The van der Waals surface area contributed by atoms with Crippen molar-refractivity contribution in [1.82, 2.24) is 0 Å². The predicted octanol–water partition coefficient (Wildman–Crippen LogP) is 7.59. The van der Waals surface area contributed by atoms with Crippen LogP contribution in [0.3, 0.4) is 0 Å². The quantitative estimate of drug-likeness (QED) is 0.105. The number of rotatable bonds is 10. The molecule has 4 aromatic rings. The molecule has 2 saturated heterocycles. The van der Waals surface area contributed by atoms with E-state index in [0.29, 0.717) is 18.5 Å². The van der Waals surface area contributed by atoms with Crippen LogP contribution in [0.5, 0.6) is 11.5 Å². The molecule has 3 aliphatic rings. The van der Waals surface area contributed by atoms with Crippen LogP contribution >= 0.6 is 0 Å². The van der Waals surface area contributed by atoms with Crippen molar-refractivity contribution >= 4 is 41.5 Å². The first kappa shape index (κ1) is 31.9. The van der Waals surface area contributed by atoms with E-state index >= 15 is 0 Å². The Morgan fingerprint density at radius 1 is 0.896 bits per heavy atom. The monoisotopic (exact) mass is 641 g/mol. The summed E-state index contributed by atoms with van der Waals surface area (Å²) in [7, 11) is -1.05. The molecular weight excluding hydrogens is 601 g/mol. The Bertz CT molecular complexity index is 1870. The van der Waals surface area contributed by atoms with Crippen molar-refractivity contribution in [1.29, 1.82) is 0 Å². The number of fused-ring (bicyclic) bond motifs is 4. The molecule has 2 N–H and O–H groups in total. The van der Waals surface area contributed by atoms with E-state index in [1.54, 1.807) is 18.2 Å². The zero-order valence-corrected chi connectivity index (χ0v) is 27.1. The van der Waals surface area contributed by atoms with Crippen molar-refractivity contribution < 1.29 is 29.1 Å². The highest BCUT2D eigenvalue weighted by atomic mass is 16.5. The third-order valence-corrected chi connectivity index (χ3v) is 10.1. The number of phenolic OH excluding ortho intramolecular Hbond substituents is 1. The number of anilines is 1. The van der Waals surface area contributed by atoms with Crippen LogP contribution in [0.1, 0.15) is 44.6 Å². The van der Waals surface area contributed by atoms with Crippen LogP contribution in [0, 0.1) is 17.8 Å². The molecule has 0 bridgehead atoms. The number of carbonyl (C=O) groups excluding carboxylic acids is 2. The topological polar surface area (TPSA) is 96.3 Å². The number of amides is 2. The molecule has 7 nitrogen and oxygen atoms in total. The van der Waals surface area contributed by atoms with Gasteiger partial charge in [0.1, 0.15) is 18.1 Å². The van der Waals surface area contributed by atoms with Gasteiger partial charge in [0.15, 0.2) is 0 Å². The summed E-state index contributed by atoms with van der Waals surface area (Å²) in [5, 5.41) is 23.3. The van der Waals surface area contributed by atoms with Gasteiger partial charge in [-0.05, 0) is 90.3 Å². The standard InChI is InChI=1S/C40H40BNO6/c1-2-11-26(22-27-19-20-35(43)32-17-10-9-16-31(27)32)18-21-36-37-28(25-47-30-14-7-4-8-15-30)23-33-38(34(37)24-41(46)48-36)40(45)42(39(33)44)29-12-5-3-6-13-29/h3-10,12-17,19-20,22,33-34,36,38,43,46H,2,11,18,21,23-25H2,1H3/b26-22+/t33-,34+,36-,38-/m1/s1. The van der Waals surface area contributed by atoms with E-state index in [1.165, 1.54) is 10.5 Å². The lowest BCUT2D eigenvalue weighted by Gasteiger charge is -2.43. The maximum atomic E-state index is 14.1. The zero-order valence-electron chi connectivity index (χ0n) is 27.1. The molecule has 2 aliphatic heterocycles. The largest absolute Gasteiger partial charge is 0.507 e. The number of hydrogen-bond acceptors (Lipinski definition) is 6. The summed E-state index contributed by atoms with van der Waals surface area (Å²) in [5.74, 6) is -0.842. The van der Waals surface area contributed by atoms with Crippen LogP contribution < -0.4 is 9.64 Å². The van der Waals surface area contributed by atoms with E-state index in [0.717, 1.165) is 52.5 Å². The van der Waals surface area contributed by atoms with E-state index in [-0.39, 0.29) is 36.4 Å². The van der Waals surface area contributed by atoms with Crippen LogP contribution in [0.15, 0.2) is 114 Å². The molecule has 2 fully saturated rings. The number of imide groups is 1. The summed E-state index contributed by atoms with van der Waals surface area (Å²) in [4.78, 5) is 29.3. The van der Waals surface area contributed by atoms with Crippen molar-refractivity contribution in [3.63, 3.8) is 0 Å². The van der Waals surface area contributed by atoms with E-state index in [4.69, 9.17) is 9.39 Å². The Morgan fingerprint density at radius 3 is 2.35 bits per heavy atom. The Labute approximate surface area is 281 Å². The van der Waals surface area contributed by atoms with E-state index < -0.39 is 25.1 Å². The number of nitrogens with zero attached hydrogens (tertiary/aromatic N) is 1. The van der Waals surface area contributed by atoms with Gasteiger partial charge in [-0.1, -0.05) is 91.7 Å². The summed E-state index contributed by atoms with van der Waals surface area (Å²) >= 11 is 0. The molecule has 8 heteroatoms. The van der Waals surface area contributed by atoms with Crippen LogP contribution in [0.25, 0.3) is 16.8 Å². The second-order valence-electron chi connectivity index (χ2n) is 13.1. The van der Waals surface area contributed by atoms with E-state index in [1.807, 2.05) is 78.9 Å². The van der Waals surface area contributed by atoms with Crippen molar-refractivity contribution in [3.05, 3.63) is 119 Å². The second-order valence-corrected chi connectivity index (χ2v) is 13.1. The van der Waals surface area contributed by atoms with E-state index in [2.05, 4.69) is 13.0 Å². The van der Waals surface area contributed by atoms with Crippen molar-refractivity contribution in [3.8, 4) is 11.5 Å². The van der Waals surface area contributed by atoms with Gasteiger partial charge in [0.05, 0.1) is 23.6 Å². The number of phenols is 1. The van der Waals surface area contributed by atoms with Gasteiger partial charge in [-0.2, -0.15) is 0 Å². The molecule has 7 rings (SSSR count). The molecule has 244 valence electrons. The Balaban J connectivity index is 1.22. The van der Waals surface area contributed by atoms with Gasteiger partial charge in [0, 0.05) is 5.39 Å². The molecule has 2 amide bonds. The molecule has 1 aliphatic carbocycles. The molecular formula is C40H40BNO6. The van der Waals surface area contributed by atoms with Gasteiger partial charge in [0.2, 0.25) is 11.8 Å². The average Bonchev–Trinajstić information content (AvgIpc) is 3.36. The zero-order chi connectivity index (χ0) is 33.2. The number of benzene rings is 4. The SMILES string of the molecule is CCC/C(=C\c1ccc(O)c2ccccc12)CC[C@H]1OB(O)C[C@H]2C1=C(COc1ccccc1)C[C@H]1C(=O)N(c3ccccc3)C(=O)[C@H]12. The number of para-hydroxylation sites is 2. The highest BCUT2D eigenvalue weighted by Gasteiger charge is 2.57. The van der Waals surface area contributed by atoms with Crippen molar-refractivity contribution in [2.45, 2.75) is 51.5 Å². The fourth-order valence-corrected chi connectivity index (χ4v) is 7.97. The lowest BCUT2D eigenvalue weighted by molar-refractivity contribution is -0.122. The summed E-state index contributed by atoms with van der Waals surface area (Å²) in [6.07, 6.45) is 5.63. The number of allylic oxidation sites excluding steroid dienone is 1. The van der Waals surface area contributed by atoms with E-state index in [9.17, 15) is 19.7 Å². The molecule has 0 spiro atoms. The van der Waals surface area contributed by atoms with Gasteiger partial charge in [-0.25, -0.2) is 0 Å². The minimum absolute atomic E-state index is 0.195. The maximum Gasteiger partial charge on any atom is 0.455 e. The van der Waals surface area contributed by atoms with Gasteiger partial charge in [-0.15, -0.1) is 0 Å². The van der Waals surface area contributed by atoms with Crippen molar-refractivity contribution in [2.75, 3.05) is 11.5 Å². The predicted molar refractivity (Wildman–Crippen MR) is 188 cm³/mol. The van der Waals surface area contributed by atoms with Gasteiger partial charge >= 0.3 is 7.12 Å². The highest BCUT2D eigenvalue weighted by molar-refractivity contribution is 6.43. The fourth-order valence-electron chi connectivity index (χ4n) is 7.97.